The first kappa shape index (κ1) is 16.0. The number of nitrogens with one attached hydrogen (secondary N) is 1. The first-order valence-electron chi connectivity index (χ1n) is 7.34. The van der Waals surface area contributed by atoms with Gasteiger partial charge in [-0.15, -0.1) is 0 Å². The minimum atomic E-state index is -0.475. The maximum absolute atomic E-state index is 12.3. The number of aryl methyl sites for hydroxylation is 1. The van der Waals surface area contributed by atoms with Crippen LogP contribution in [0, 0.1) is 12.3 Å². The van der Waals surface area contributed by atoms with Crippen molar-refractivity contribution in [1.29, 1.82) is 5.41 Å². The molecule has 0 fully saturated rings. The van der Waals surface area contributed by atoms with Crippen molar-refractivity contribution in [2.45, 2.75) is 6.92 Å². The summed E-state index contributed by atoms with van der Waals surface area (Å²) < 4.78 is 5.93. The van der Waals surface area contributed by atoms with Gasteiger partial charge in [-0.05, 0) is 58.9 Å². The summed E-state index contributed by atoms with van der Waals surface area (Å²) in [7, 11) is 0. The van der Waals surface area contributed by atoms with Gasteiger partial charge in [-0.3, -0.25) is 10.2 Å². The van der Waals surface area contributed by atoms with E-state index in [0.717, 1.165) is 11.1 Å². The number of nitrogens with zero attached hydrogens (tertiary/aromatic N) is 3. The summed E-state index contributed by atoms with van der Waals surface area (Å²) in [5.74, 6) is -0.0250. The van der Waals surface area contributed by atoms with Crippen LogP contribution in [0.3, 0.4) is 0 Å². The van der Waals surface area contributed by atoms with E-state index in [1.165, 1.54) is 22.8 Å². The van der Waals surface area contributed by atoms with Crippen LogP contribution in [0.1, 0.15) is 16.9 Å². The lowest BCUT2D eigenvalue weighted by atomic mass is 10.1. The zero-order valence-electron chi connectivity index (χ0n) is 13.0. The third kappa shape index (κ3) is 2.98. The van der Waals surface area contributed by atoms with E-state index in [4.69, 9.17) is 9.83 Å². The molecule has 0 bridgehead atoms. The largest absolute Gasteiger partial charge is 0.450 e. The second kappa shape index (κ2) is 6.12. The number of amidine groups is 2. The Hall–Kier alpha value is -2.45. The number of hydrogen-bond donors (Lipinski definition) is 1. The Bertz CT molecular complexity index is 1010. The molecule has 1 amide bonds. The van der Waals surface area contributed by atoms with E-state index in [9.17, 15) is 4.79 Å². The van der Waals surface area contributed by atoms with Gasteiger partial charge < -0.3 is 4.42 Å². The molecule has 6 nitrogen and oxygen atoms in total. The van der Waals surface area contributed by atoms with Crippen molar-refractivity contribution in [1.82, 2.24) is 5.01 Å². The number of hydrazone groups is 1. The summed E-state index contributed by atoms with van der Waals surface area (Å²) in [4.78, 5) is 16.4. The van der Waals surface area contributed by atoms with Crippen LogP contribution in [0.4, 0.5) is 0 Å². The molecule has 1 aromatic heterocycles. The highest BCUT2D eigenvalue weighted by molar-refractivity contribution is 9.10. The van der Waals surface area contributed by atoms with Gasteiger partial charge in [0.25, 0.3) is 5.91 Å². The fourth-order valence-electron chi connectivity index (χ4n) is 2.43. The predicted molar refractivity (Wildman–Crippen MR) is 102 cm³/mol. The highest BCUT2D eigenvalue weighted by atomic mass is 79.9. The minimum Gasteiger partial charge on any atom is -0.450 e. The fourth-order valence-corrected chi connectivity index (χ4v) is 3.64. The lowest BCUT2D eigenvalue weighted by Crippen LogP contribution is -2.35. The number of amides is 1. The number of carbonyl (C=O) groups excluding carboxylic acids is 1. The zero-order valence-corrected chi connectivity index (χ0v) is 15.4. The Morgan fingerprint density at radius 1 is 1.32 bits per heavy atom. The Kier molecular flexibility index (Phi) is 3.93. The third-order valence-electron chi connectivity index (χ3n) is 3.60. The molecule has 2 aromatic rings. The average molecular weight is 415 g/mol. The number of halogens is 1. The van der Waals surface area contributed by atoms with E-state index in [0.29, 0.717) is 20.6 Å². The lowest BCUT2D eigenvalue weighted by molar-refractivity contribution is -0.114. The number of rotatable bonds is 2. The summed E-state index contributed by atoms with van der Waals surface area (Å²) in [5, 5.41) is 15.3. The van der Waals surface area contributed by atoms with E-state index >= 15 is 0 Å². The Balaban J connectivity index is 1.70. The number of hydrogen-bond acceptors (Lipinski definition) is 5. The van der Waals surface area contributed by atoms with Crippen LogP contribution in [0.2, 0.25) is 0 Å². The molecule has 8 heteroatoms. The van der Waals surface area contributed by atoms with Crippen LogP contribution in [0.25, 0.3) is 6.08 Å². The van der Waals surface area contributed by atoms with Crippen LogP contribution in [0.5, 0.6) is 0 Å². The van der Waals surface area contributed by atoms with Crippen molar-refractivity contribution >= 4 is 55.7 Å². The second-order valence-electron chi connectivity index (χ2n) is 5.44. The van der Waals surface area contributed by atoms with Gasteiger partial charge in [0.2, 0.25) is 5.17 Å². The summed E-state index contributed by atoms with van der Waals surface area (Å²) in [6, 6.07) is 11.3. The molecule has 1 N–H and O–H groups in total. The van der Waals surface area contributed by atoms with Gasteiger partial charge in [-0.25, -0.2) is 0 Å². The lowest BCUT2D eigenvalue weighted by Gasteiger charge is -2.19. The maximum atomic E-state index is 12.3. The average Bonchev–Trinajstić information content (AvgIpc) is 3.18. The summed E-state index contributed by atoms with van der Waals surface area (Å²) >= 11 is 4.50. The van der Waals surface area contributed by atoms with Gasteiger partial charge in [-0.2, -0.15) is 15.1 Å². The highest BCUT2D eigenvalue weighted by Crippen LogP contribution is 2.31. The van der Waals surface area contributed by atoms with E-state index in [-0.39, 0.29) is 11.4 Å². The molecule has 0 aliphatic carbocycles. The SMILES string of the molecule is Cc1cccc(C2=NN3C(=N)/C(=C\c4ccc(Br)o4)C(=O)N=C3S2)c1. The van der Waals surface area contributed by atoms with Crippen LogP contribution in [-0.2, 0) is 4.79 Å². The Morgan fingerprint density at radius 3 is 2.88 bits per heavy atom. The van der Waals surface area contributed by atoms with Crippen LogP contribution in [-0.4, -0.2) is 27.0 Å². The molecule has 0 radical (unpaired) electrons. The van der Waals surface area contributed by atoms with Crippen LogP contribution in [0.15, 0.2) is 61.2 Å². The van der Waals surface area contributed by atoms with E-state index < -0.39 is 5.91 Å². The molecule has 2 aliphatic rings. The smallest absolute Gasteiger partial charge is 0.283 e. The standard InChI is InChI=1S/C17H11BrN4O2S/c1-9-3-2-4-10(7-9)16-21-22-14(19)12(15(23)20-17(22)25-16)8-11-5-6-13(18)24-11/h2-8,19H,1H3/b12-8+,19-14?. The minimum absolute atomic E-state index is 0.0160. The number of benzene rings is 1. The van der Waals surface area contributed by atoms with Gasteiger partial charge in [0.05, 0.1) is 5.57 Å². The number of furan rings is 1. The monoisotopic (exact) mass is 414 g/mol. The molecule has 4 rings (SSSR count). The zero-order chi connectivity index (χ0) is 17.6. The molecule has 0 spiro atoms. The number of carbonyl (C=O) groups is 1. The Labute approximate surface area is 155 Å². The van der Waals surface area contributed by atoms with Crippen LogP contribution >= 0.6 is 27.7 Å². The molecule has 3 heterocycles. The molecule has 0 saturated heterocycles. The fraction of sp³-hybridized carbons (Fsp3) is 0.0588. The van der Waals surface area contributed by atoms with Gasteiger partial charge in [-0.1, -0.05) is 23.8 Å². The molecule has 2 aliphatic heterocycles. The molecule has 124 valence electrons. The van der Waals surface area contributed by atoms with Crippen molar-refractivity contribution in [3.05, 3.63) is 63.5 Å². The molecule has 0 unspecified atom stereocenters. The quantitative estimate of drug-likeness (QED) is 0.752. The van der Waals surface area contributed by atoms with E-state index in [2.05, 4.69) is 26.0 Å². The first-order chi connectivity index (χ1) is 12.0. The highest BCUT2D eigenvalue weighted by Gasteiger charge is 2.36. The van der Waals surface area contributed by atoms with Crippen molar-refractivity contribution < 1.29 is 9.21 Å². The Morgan fingerprint density at radius 2 is 2.16 bits per heavy atom. The predicted octanol–water partition coefficient (Wildman–Crippen LogP) is 4.02. The first-order valence-corrected chi connectivity index (χ1v) is 8.95. The molecular weight excluding hydrogens is 404 g/mol. The molecule has 25 heavy (non-hydrogen) atoms. The molecule has 0 atom stereocenters. The van der Waals surface area contributed by atoms with Crippen molar-refractivity contribution in [2.75, 3.05) is 0 Å². The van der Waals surface area contributed by atoms with Crippen molar-refractivity contribution in [3.8, 4) is 0 Å². The third-order valence-corrected chi connectivity index (χ3v) is 4.98. The van der Waals surface area contributed by atoms with Crippen LogP contribution < -0.4 is 0 Å². The van der Waals surface area contributed by atoms with E-state index in [1.807, 2.05) is 31.2 Å². The van der Waals surface area contributed by atoms with E-state index in [1.54, 1.807) is 12.1 Å². The van der Waals surface area contributed by atoms with Gasteiger partial charge >= 0.3 is 0 Å². The number of aliphatic imine (C=N–C) groups is 1. The molecule has 1 aromatic carbocycles. The summed E-state index contributed by atoms with van der Waals surface area (Å²) in [6.45, 7) is 2.00. The van der Waals surface area contributed by atoms with Crippen molar-refractivity contribution in [3.63, 3.8) is 0 Å². The summed E-state index contributed by atoms with van der Waals surface area (Å²) in [6.07, 6.45) is 1.50. The maximum Gasteiger partial charge on any atom is 0.283 e. The van der Waals surface area contributed by atoms with Crippen molar-refractivity contribution in [2.24, 2.45) is 10.1 Å². The molecular formula is C17H11BrN4O2S. The molecule has 0 saturated carbocycles. The second-order valence-corrected chi connectivity index (χ2v) is 7.17. The normalized spacial score (nSPS) is 18.5. The number of thioether (sulfide) groups is 1. The summed E-state index contributed by atoms with van der Waals surface area (Å²) in [5.41, 5.74) is 2.19. The van der Waals surface area contributed by atoms with Gasteiger partial charge in [0.15, 0.2) is 10.5 Å². The number of fused-ring (bicyclic) bond motifs is 1. The van der Waals surface area contributed by atoms with Gasteiger partial charge in [0, 0.05) is 5.56 Å². The van der Waals surface area contributed by atoms with Gasteiger partial charge in [0.1, 0.15) is 10.8 Å². The topological polar surface area (TPSA) is 82.0 Å².